The number of halogens is 1. The fourth-order valence-corrected chi connectivity index (χ4v) is 4.76. The van der Waals surface area contributed by atoms with Crippen LogP contribution in [0.2, 0.25) is 0 Å². The standard InChI is InChI=1S/C20H19FN4O/c1-12-13-6-7-20(12,11-25-9-8-22-19(25)26)18-15(13)10-17(23-24-18)14-4-2-3-5-16(14)21/h2-5,10,13H,1,6-9,11H2,(H,22,26)/t13-,20-/m0/s1. The summed E-state index contributed by atoms with van der Waals surface area (Å²) >= 11 is 0. The Morgan fingerprint density at radius 1 is 1.35 bits per heavy atom. The number of nitrogens with one attached hydrogen (secondary N) is 1. The molecule has 2 atom stereocenters. The van der Waals surface area contributed by atoms with Crippen molar-refractivity contribution in [3.05, 3.63) is 59.6 Å². The summed E-state index contributed by atoms with van der Waals surface area (Å²) in [4.78, 5) is 13.9. The van der Waals surface area contributed by atoms with E-state index in [0.717, 1.165) is 29.7 Å². The zero-order chi connectivity index (χ0) is 17.9. The maximum atomic E-state index is 14.1. The van der Waals surface area contributed by atoms with Gasteiger partial charge in [0.1, 0.15) is 5.82 Å². The highest BCUT2D eigenvalue weighted by molar-refractivity contribution is 5.76. The van der Waals surface area contributed by atoms with Crippen molar-refractivity contribution < 1.29 is 9.18 Å². The Hall–Kier alpha value is -2.76. The predicted molar refractivity (Wildman–Crippen MR) is 95.2 cm³/mol. The molecule has 2 heterocycles. The quantitative estimate of drug-likeness (QED) is 0.866. The van der Waals surface area contributed by atoms with Gasteiger partial charge in [0.15, 0.2) is 0 Å². The maximum absolute atomic E-state index is 14.1. The predicted octanol–water partition coefficient (Wildman–Crippen LogP) is 2.99. The monoisotopic (exact) mass is 350 g/mol. The van der Waals surface area contributed by atoms with Crippen molar-refractivity contribution in [2.45, 2.75) is 24.2 Å². The van der Waals surface area contributed by atoms with Gasteiger partial charge in [0.05, 0.1) is 16.8 Å². The van der Waals surface area contributed by atoms with E-state index in [1.165, 1.54) is 6.07 Å². The number of urea groups is 1. The van der Waals surface area contributed by atoms with Gasteiger partial charge in [-0.2, -0.15) is 10.2 Å². The molecule has 0 radical (unpaired) electrons. The van der Waals surface area contributed by atoms with Crippen LogP contribution in [0, 0.1) is 5.82 Å². The highest BCUT2D eigenvalue weighted by Crippen LogP contribution is 2.59. The molecule has 1 aromatic heterocycles. The molecule has 0 spiro atoms. The third-order valence-electron chi connectivity index (χ3n) is 6.10. The number of benzene rings is 1. The molecule has 6 heteroatoms. The Labute approximate surface area is 150 Å². The first-order chi connectivity index (χ1) is 12.6. The fourth-order valence-electron chi connectivity index (χ4n) is 4.76. The lowest BCUT2D eigenvalue weighted by molar-refractivity contribution is 0.206. The molecule has 1 saturated heterocycles. The van der Waals surface area contributed by atoms with Crippen LogP contribution in [0.25, 0.3) is 11.3 Å². The number of fused-ring (bicyclic) bond motifs is 5. The lowest BCUT2D eigenvalue weighted by Crippen LogP contribution is -2.41. The Bertz CT molecular complexity index is 943. The SMILES string of the molecule is C=C1[C@@H]2CC[C@@]1(CN1CCNC1=O)c1nnc(-c3ccccc3F)cc12. The van der Waals surface area contributed by atoms with Gasteiger partial charge in [-0.25, -0.2) is 9.18 Å². The van der Waals surface area contributed by atoms with E-state index in [1.54, 1.807) is 18.2 Å². The fraction of sp³-hybridized carbons (Fsp3) is 0.350. The van der Waals surface area contributed by atoms with E-state index in [9.17, 15) is 9.18 Å². The number of carbonyl (C=O) groups is 1. The van der Waals surface area contributed by atoms with Crippen molar-refractivity contribution in [3.63, 3.8) is 0 Å². The molecule has 5 rings (SSSR count). The summed E-state index contributed by atoms with van der Waals surface area (Å²) in [6, 6.07) is 8.55. The van der Waals surface area contributed by atoms with E-state index >= 15 is 0 Å². The topological polar surface area (TPSA) is 58.1 Å². The smallest absolute Gasteiger partial charge is 0.317 e. The number of aromatic nitrogens is 2. The van der Waals surface area contributed by atoms with Gasteiger partial charge in [0, 0.05) is 31.1 Å². The van der Waals surface area contributed by atoms with Crippen molar-refractivity contribution in [3.8, 4) is 11.3 Å². The number of rotatable bonds is 3. The number of hydrogen-bond donors (Lipinski definition) is 1. The summed E-state index contributed by atoms with van der Waals surface area (Å²) in [5, 5.41) is 11.7. The van der Waals surface area contributed by atoms with Crippen LogP contribution in [0.1, 0.15) is 30.0 Å². The number of carbonyl (C=O) groups excluding carboxylic acids is 1. The molecule has 2 aliphatic carbocycles. The molecule has 1 N–H and O–H groups in total. The minimum Gasteiger partial charge on any atom is -0.336 e. The Balaban J connectivity index is 1.57. The normalized spacial score (nSPS) is 26.3. The van der Waals surface area contributed by atoms with Gasteiger partial charge < -0.3 is 10.2 Å². The molecule has 3 aliphatic rings. The summed E-state index contributed by atoms with van der Waals surface area (Å²) < 4.78 is 14.1. The number of hydrogen-bond acceptors (Lipinski definition) is 3. The summed E-state index contributed by atoms with van der Waals surface area (Å²) in [6.45, 7) is 6.32. The first-order valence-electron chi connectivity index (χ1n) is 8.95. The van der Waals surface area contributed by atoms with E-state index in [1.807, 2.05) is 11.0 Å². The van der Waals surface area contributed by atoms with Gasteiger partial charge in [-0.3, -0.25) is 0 Å². The molecule has 0 unspecified atom stereocenters. The van der Waals surface area contributed by atoms with E-state index in [2.05, 4.69) is 22.1 Å². The average Bonchev–Trinajstić information content (AvgIpc) is 3.26. The van der Waals surface area contributed by atoms with Crippen LogP contribution in [0.5, 0.6) is 0 Å². The van der Waals surface area contributed by atoms with Crippen LogP contribution in [0.4, 0.5) is 9.18 Å². The molecule has 132 valence electrons. The minimum absolute atomic E-state index is 0.0278. The lowest BCUT2D eigenvalue weighted by Gasteiger charge is -2.32. The maximum Gasteiger partial charge on any atom is 0.317 e. The Morgan fingerprint density at radius 2 is 2.19 bits per heavy atom. The van der Waals surface area contributed by atoms with Crippen molar-refractivity contribution in [2.75, 3.05) is 19.6 Å². The second kappa shape index (κ2) is 5.37. The van der Waals surface area contributed by atoms with Crippen molar-refractivity contribution in [1.29, 1.82) is 0 Å². The van der Waals surface area contributed by atoms with E-state index in [4.69, 9.17) is 0 Å². The highest BCUT2D eigenvalue weighted by atomic mass is 19.1. The molecule has 2 aromatic rings. The van der Waals surface area contributed by atoms with E-state index < -0.39 is 0 Å². The second-order valence-electron chi connectivity index (χ2n) is 7.37. The molecule has 26 heavy (non-hydrogen) atoms. The molecular formula is C20H19FN4O. The van der Waals surface area contributed by atoms with Gasteiger partial charge in [-0.15, -0.1) is 0 Å². The van der Waals surface area contributed by atoms with Crippen LogP contribution >= 0.6 is 0 Å². The van der Waals surface area contributed by atoms with Crippen LogP contribution in [-0.2, 0) is 5.41 Å². The van der Waals surface area contributed by atoms with Crippen molar-refractivity contribution >= 4 is 6.03 Å². The Morgan fingerprint density at radius 3 is 2.96 bits per heavy atom. The van der Waals surface area contributed by atoms with Gasteiger partial charge in [0.2, 0.25) is 0 Å². The van der Waals surface area contributed by atoms with Crippen LogP contribution in [-0.4, -0.2) is 40.8 Å². The van der Waals surface area contributed by atoms with Crippen LogP contribution < -0.4 is 5.32 Å². The number of nitrogens with zero attached hydrogens (tertiary/aromatic N) is 3. The summed E-state index contributed by atoms with van der Waals surface area (Å²) in [5.41, 5.74) is 3.82. The zero-order valence-corrected chi connectivity index (χ0v) is 14.3. The number of amides is 2. The third kappa shape index (κ3) is 1.98. The van der Waals surface area contributed by atoms with Gasteiger partial charge in [-0.05, 0) is 36.6 Å². The van der Waals surface area contributed by atoms with E-state index in [0.29, 0.717) is 30.9 Å². The third-order valence-corrected chi connectivity index (χ3v) is 6.10. The molecule has 2 amide bonds. The molecule has 1 aliphatic heterocycles. The second-order valence-corrected chi connectivity index (χ2v) is 7.37. The Kier molecular flexibility index (Phi) is 3.20. The molecule has 2 bridgehead atoms. The van der Waals surface area contributed by atoms with Crippen LogP contribution in [0.3, 0.4) is 0 Å². The summed E-state index contributed by atoms with van der Waals surface area (Å²) in [7, 11) is 0. The minimum atomic E-state index is -0.317. The van der Waals surface area contributed by atoms with Gasteiger partial charge in [0.25, 0.3) is 0 Å². The van der Waals surface area contributed by atoms with Gasteiger partial charge >= 0.3 is 6.03 Å². The molecule has 1 aromatic carbocycles. The van der Waals surface area contributed by atoms with Crippen LogP contribution in [0.15, 0.2) is 42.5 Å². The summed E-state index contributed by atoms with van der Waals surface area (Å²) in [5.74, 6) is -0.0797. The first kappa shape index (κ1) is 15.5. The highest BCUT2D eigenvalue weighted by Gasteiger charge is 2.55. The van der Waals surface area contributed by atoms with Gasteiger partial charge in [-0.1, -0.05) is 24.3 Å². The van der Waals surface area contributed by atoms with Crippen molar-refractivity contribution in [2.24, 2.45) is 0 Å². The molecule has 5 nitrogen and oxygen atoms in total. The molecule has 2 fully saturated rings. The largest absolute Gasteiger partial charge is 0.336 e. The molecule has 1 saturated carbocycles. The molecular weight excluding hydrogens is 331 g/mol. The average molecular weight is 350 g/mol. The van der Waals surface area contributed by atoms with Crippen molar-refractivity contribution in [1.82, 2.24) is 20.4 Å². The zero-order valence-electron chi connectivity index (χ0n) is 14.3. The lowest BCUT2D eigenvalue weighted by atomic mass is 9.81. The van der Waals surface area contributed by atoms with E-state index in [-0.39, 0.29) is 23.2 Å². The summed E-state index contributed by atoms with van der Waals surface area (Å²) in [6.07, 6.45) is 1.92. The first-order valence-corrected chi connectivity index (χ1v) is 8.95.